The SMILES string of the molecule is NS(=O)(=O)c1ccc2c(ccc[n+]2[O-])c1. The van der Waals surface area contributed by atoms with Crippen molar-refractivity contribution in [3.8, 4) is 0 Å². The molecule has 1 aromatic carbocycles. The molecule has 78 valence electrons. The molecule has 0 spiro atoms. The van der Waals surface area contributed by atoms with Crippen LogP contribution in [0.4, 0.5) is 0 Å². The number of aromatic nitrogens is 1. The molecule has 0 aliphatic heterocycles. The Morgan fingerprint density at radius 2 is 2.00 bits per heavy atom. The number of sulfonamides is 1. The number of rotatable bonds is 1. The van der Waals surface area contributed by atoms with Crippen LogP contribution in [0, 0.1) is 5.21 Å². The maximum absolute atomic E-state index is 11.3. The highest BCUT2D eigenvalue weighted by molar-refractivity contribution is 7.89. The molecule has 0 fully saturated rings. The summed E-state index contributed by atoms with van der Waals surface area (Å²) in [4.78, 5) is 0.00111. The topological polar surface area (TPSA) is 87.1 Å². The molecule has 0 bridgehead atoms. The maximum atomic E-state index is 11.3. The van der Waals surface area contributed by atoms with Crippen LogP contribution >= 0.6 is 0 Å². The van der Waals surface area contributed by atoms with Gasteiger partial charge in [0.2, 0.25) is 15.5 Å². The number of hydrogen-bond acceptors (Lipinski definition) is 3. The number of benzene rings is 1. The van der Waals surface area contributed by atoms with E-state index in [1.54, 1.807) is 12.1 Å². The van der Waals surface area contributed by atoms with Gasteiger partial charge in [0.15, 0.2) is 6.20 Å². The third-order valence-corrected chi connectivity index (χ3v) is 2.97. The van der Waals surface area contributed by atoms with Gasteiger partial charge in [0.25, 0.3) is 0 Å². The summed E-state index contributed by atoms with van der Waals surface area (Å²) in [6, 6.07) is 7.31. The molecule has 0 atom stereocenters. The van der Waals surface area contributed by atoms with E-state index >= 15 is 0 Å². The van der Waals surface area contributed by atoms with E-state index in [0.29, 0.717) is 15.6 Å². The van der Waals surface area contributed by atoms with Crippen molar-refractivity contribution in [1.82, 2.24) is 0 Å². The van der Waals surface area contributed by atoms with Gasteiger partial charge < -0.3 is 5.21 Å². The average molecular weight is 224 g/mol. The van der Waals surface area contributed by atoms with Crippen molar-refractivity contribution in [3.05, 3.63) is 41.7 Å². The average Bonchev–Trinajstić information content (AvgIpc) is 2.16. The number of pyridine rings is 1. The van der Waals surface area contributed by atoms with Crippen molar-refractivity contribution in [2.45, 2.75) is 4.90 Å². The molecular formula is C9H8N2O3S. The molecule has 0 unspecified atom stereocenters. The smallest absolute Gasteiger partial charge is 0.238 e. The Bertz CT molecular complexity index is 622. The molecule has 1 heterocycles. The lowest BCUT2D eigenvalue weighted by molar-refractivity contribution is -0.577. The summed E-state index contributed by atoms with van der Waals surface area (Å²) in [5.74, 6) is 0. The second kappa shape index (κ2) is 3.18. The van der Waals surface area contributed by atoms with Gasteiger partial charge in [0, 0.05) is 17.5 Å². The first kappa shape index (κ1) is 9.88. The lowest BCUT2D eigenvalue weighted by Gasteiger charge is -2.02. The van der Waals surface area contributed by atoms with Crippen molar-refractivity contribution in [2.75, 3.05) is 0 Å². The quantitative estimate of drug-likeness (QED) is 0.551. The Hall–Kier alpha value is -1.66. The van der Waals surface area contributed by atoms with E-state index in [1.807, 2.05) is 0 Å². The number of primary sulfonamides is 1. The third-order valence-electron chi connectivity index (χ3n) is 2.06. The minimum Gasteiger partial charge on any atom is -0.618 e. The van der Waals surface area contributed by atoms with Gasteiger partial charge in [-0.15, -0.1) is 0 Å². The molecule has 0 saturated carbocycles. The molecule has 0 saturated heterocycles. The van der Waals surface area contributed by atoms with Crippen LogP contribution in [0.25, 0.3) is 10.9 Å². The van der Waals surface area contributed by atoms with Crippen molar-refractivity contribution in [1.29, 1.82) is 0 Å². The Morgan fingerprint density at radius 1 is 1.27 bits per heavy atom. The standard InChI is InChI=1S/C9H8N2O3S/c10-15(13,14)8-3-4-9-7(6-8)2-1-5-11(9)12/h1-6H,(H2,10,13,14). The largest absolute Gasteiger partial charge is 0.618 e. The highest BCUT2D eigenvalue weighted by Gasteiger charge is 2.10. The minimum absolute atomic E-state index is 0.00111. The molecule has 5 nitrogen and oxygen atoms in total. The van der Waals surface area contributed by atoms with Gasteiger partial charge in [-0.05, 0) is 18.2 Å². The zero-order chi connectivity index (χ0) is 11.1. The van der Waals surface area contributed by atoms with Crippen molar-refractivity contribution in [3.63, 3.8) is 0 Å². The summed E-state index contributed by atoms with van der Waals surface area (Å²) in [5, 5.41) is 16.8. The van der Waals surface area contributed by atoms with Crippen LogP contribution in [0.2, 0.25) is 0 Å². The highest BCUT2D eigenvalue weighted by atomic mass is 32.2. The van der Waals surface area contributed by atoms with Gasteiger partial charge in [-0.2, -0.15) is 4.73 Å². The number of nitrogens with two attached hydrogens (primary N) is 1. The summed E-state index contributed by atoms with van der Waals surface area (Å²) >= 11 is 0. The second-order valence-corrected chi connectivity index (χ2v) is 4.66. The van der Waals surface area contributed by atoms with Gasteiger partial charge in [0.1, 0.15) is 0 Å². The van der Waals surface area contributed by atoms with Crippen LogP contribution in [0.3, 0.4) is 0 Å². The van der Waals surface area contributed by atoms with Gasteiger partial charge in [0.05, 0.1) is 4.90 Å². The summed E-state index contributed by atoms with van der Waals surface area (Å²) < 4.78 is 22.8. The Kier molecular flexibility index (Phi) is 2.09. The summed E-state index contributed by atoms with van der Waals surface area (Å²) in [5.41, 5.74) is 0.407. The Labute approximate surface area is 86.4 Å². The lowest BCUT2D eigenvalue weighted by atomic mass is 10.2. The van der Waals surface area contributed by atoms with Crippen LogP contribution in [0.1, 0.15) is 0 Å². The number of hydrogen-bond donors (Lipinski definition) is 1. The van der Waals surface area contributed by atoms with Crippen molar-refractivity contribution in [2.24, 2.45) is 5.14 Å². The fraction of sp³-hybridized carbons (Fsp3) is 0. The van der Waals surface area contributed by atoms with Gasteiger partial charge in [-0.1, -0.05) is 0 Å². The van der Waals surface area contributed by atoms with Crippen LogP contribution in [0.5, 0.6) is 0 Å². The first-order valence-corrected chi connectivity index (χ1v) is 5.68. The first-order chi connectivity index (χ1) is 6.98. The monoisotopic (exact) mass is 224 g/mol. The van der Waals surface area contributed by atoms with Crippen LogP contribution in [-0.2, 0) is 10.0 Å². The second-order valence-electron chi connectivity index (χ2n) is 3.10. The molecule has 2 N–H and O–H groups in total. The summed E-state index contributed by atoms with van der Waals surface area (Å²) in [6.07, 6.45) is 1.35. The predicted molar refractivity (Wildman–Crippen MR) is 54.3 cm³/mol. The maximum Gasteiger partial charge on any atom is 0.238 e. The molecule has 1 aromatic heterocycles. The van der Waals surface area contributed by atoms with E-state index in [9.17, 15) is 13.6 Å². The van der Waals surface area contributed by atoms with Gasteiger partial charge in [-0.25, -0.2) is 13.6 Å². The van der Waals surface area contributed by atoms with E-state index in [1.165, 1.54) is 24.4 Å². The van der Waals surface area contributed by atoms with Crippen molar-refractivity contribution < 1.29 is 13.1 Å². The molecule has 0 amide bonds. The molecule has 6 heteroatoms. The third kappa shape index (κ3) is 1.77. The van der Waals surface area contributed by atoms with E-state index in [2.05, 4.69) is 0 Å². The van der Waals surface area contributed by atoms with Crippen LogP contribution in [0.15, 0.2) is 41.4 Å². The first-order valence-electron chi connectivity index (χ1n) is 4.13. The Morgan fingerprint density at radius 3 is 2.67 bits per heavy atom. The lowest BCUT2D eigenvalue weighted by Crippen LogP contribution is -2.25. The molecule has 0 aliphatic rings. The summed E-state index contributed by atoms with van der Waals surface area (Å²) in [6.45, 7) is 0. The van der Waals surface area contributed by atoms with E-state index in [4.69, 9.17) is 5.14 Å². The van der Waals surface area contributed by atoms with E-state index in [-0.39, 0.29) is 4.90 Å². The van der Waals surface area contributed by atoms with Crippen molar-refractivity contribution >= 4 is 20.9 Å². The Balaban J connectivity index is 2.79. The predicted octanol–water partition coefficient (Wildman–Crippen LogP) is 0.121. The fourth-order valence-electron chi connectivity index (χ4n) is 1.35. The highest BCUT2D eigenvalue weighted by Crippen LogP contribution is 2.14. The zero-order valence-corrected chi connectivity index (χ0v) is 8.44. The summed E-state index contributed by atoms with van der Waals surface area (Å²) in [7, 11) is -3.72. The molecule has 0 radical (unpaired) electrons. The normalized spacial score (nSPS) is 11.8. The van der Waals surface area contributed by atoms with E-state index < -0.39 is 10.0 Å². The molecule has 15 heavy (non-hydrogen) atoms. The van der Waals surface area contributed by atoms with E-state index in [0.717, 1.165) is 0 Å². The van der Waals surface area contributed by atoms with Gasteiger partial charge in [-0.3, -0.25) is 0 Å². The molecule has 0 aliphatic carbocycles. The molecule has 2 rings (SSSR count). The molecular weight excluding hydrogens is 216 g/mol. The number of fused-ring (bicyclic) bond motifs is 1. The molecule has 2 aromatic rings. The zero-order valence-electron chi connectivity index (χ0n) is 7.62. The fourth-order valence-corrected chi connectivity index (χ4v) is 1.90. The van der Waals surface area contributed by atoms with Crippen LogP contribution in [-0.4, -0.2) is 8.42 Å². The van der Waals surface area contributed by atoms with Crippen LogP contribution < -0.4 is 9.87 Å². The van der Waals surface area contributed by atoms with Gasteiger partial charge >= 0.3 is 0 Å². The minimum atomic E-state index is -3.72. The number of nitrogens with zero attached hydrogens (tertiary/aromatic N) is 1.